The quantitative estimate of drug-likeness (QED) is 0.0499. The van der Waals surface area contributed by atoms with Crippen LogP contribution in [0.25, 0.3) is 0 Å². The number of rotatable bonds is 5. The van der Waals surface area contributed by atoms with E-state index in [0.29, 0.717) is 6.42 Å². The van der Waals surface area contributed by atoms with Gasteiger partial charge in [0, 0.05) is 0 Å². The first kappa shape index (κ1) is 53.2. The fraction of sp³-hybridized carbons (Fsp3) is 1.00. The molecule has 0 aromatic heterocycles. The molecule has 0 spiro atoms. The molecule has 1 atom stereocenters. The maximum absolute atomic E-state index is 10.4. The molecule has 222 valence electrons. The molecule has 36 heavy (non-hydrogen) atoms. The van der Waals surface area contributed by atoms with E-state index in [9.17, 15) is 29.4 Å². The Bertz CT molecular complexity index is 687. The molecule has 0 saturated carbocycles. The summed E-state index contributed by atoms with van der Waals surface area (Å²) >= 11 is 0. The van der Waals surface area contributed by atoms with Crippen LogP contribution in [0.5, 0.6) is 0 Å². The second-order valence-electron chi connectivity index (χ2n) is 4.69. The molecule has 0 radical (unpaired) electrons. The molecule has 0 aliphatic heterocycles. The van der Waals surface area contributed by atoms with Crippen molar-refractivity contribution in [3.8, 4) is 0 Å². The van der Waals surface area contributed by atoms with E-state index in [2.05, 4.69) is 0 Å². The zero-order chi connectivity index (χ0) is 30.5. The Labute approximate surface area is 212 Å². The molecule has 0 aromatic carbocycles. The molecule has 10 N–H and O–H groups in total. The minimum Gasteiger partial charge on any atom is -0.753 e. The number of hydrogen-bond acceptors (Lipinski definition) is 8. The summed E-state index contributed by atoms with van der Waals surface area (Å²) in [5, 5.41) is 0. The van der Waals surface area contributed by atoms with Gasteiger partial charge in [0.1, 0.15) is 0 Å². The fourth-order valence-corrected chi connectivity index (χ4v) is 1.28. The maximum atomic E-state index is 10.4. The average Bonchev–Trinajstić information content (AvgIpc) is 2.32. The SMILES string of the molecule is CCCCCCS(=O)(=O)O.O=P(O)(O)F.O=P(O)(O)F.O=P(O)(O)F.O=P(O)(O)F.O=P([O-])(O)F.[Li+]. The molecule has 0 amide bonds. The van der Waals surface area contributed by atoms with Crippen molar-refractivity contribution in [2.45, 2.75) is 32.6 Å². The van der Waals surface area contributed by atoms with Crippen molar-refractivity contribution in [1.82, 2.24) is 0 Å². The molecule has 0 aromatic rings. The predicted molar refractivity (Wildman–Crippen MR) is 104 cm³/mol. The third kappa shape index (κ3) is 642. The molecule has 0 saturated heterocycles. The molecule has 0 heterocycles. The van der Waals surface area contributed by atoms with Crippen molar-refractivity contribution in [2.24, 2.45) is 0 Å². The Morgan fingerprint density at radius 1 is 0.611 bits per heavy atom. The van der Waals surface area contributed by atoms with Crippen LogP contribution < -0.4 is 23.8 Å². The molecule has 18 nitrogen and oxygen atoms in total. The molecule has 1 unspecified atom stereocenters. The van der Waals surface area contributed by atoms with Gasteiger partial charge in [0.15, 0.2) is 0 Å². The zero-order valence-corrected chi connectivity index (χ0v) is 23.1. The van der Waals surface area contributed by atoms with Gasteiger partial charge in [-0.3, -0.25) is 48.3 Å². The minimum atomic E-state index is -5.39. The molecule has 0 fully saturated rings. The van der Waals surface area contributed by atoms with Gasteiger partial charge < -0.3 is 9.79 Å². The van der Waals surface area contributed by atoms with Crippen LogP contribution in [0.3, 0.4) is 0 Å². The maximum Gasteiger partial charge on any atom is 1.00 e. The topological polar surface area (TPSA) is 345 Å². The Kier molecular flexibility index (Phi) is 36.8. The van der Waals surface area contributed by atoms with Crippen LogP contribution >= 0.6 is 39.5 Å². The molecular weight excluding hydrogens is 649 g/mol. The van der Waals surface area contributed by atoms with E-state index in [0.717, 1.165) is 19.3 Å². The van der Waals surface area contributed by atoms with Crippen molar-refractivity contribution in [3.63, 3.8) is 0 Å². The van der Waals surface area contributed by atoms with Crippen LogP contribution in [0.15, 0.2) is 0 Å². The van der Waals surface area contributed by atoms with Crippen molar-refractivity contribution < 1.29 is 125 Å². The van der Waals surface area contributed by atoms with Crippen molar-refractivity contribution >= 4 is 49.7 Å². The smallest absolute Gasteiger partial charge is 0.753 e. The Morgan fingerprint density at radius 2 is 0.778 bits per heavy atom. The van der Waals surface area contributed by atoms with Gasteiger partial charge in [-0.2, -0.15) is 12.6 Å². The first-order valence-corrected chi connectivity index (χ1v) is 16.3. The first-order valence-electron chi connectivity index (χ1n) is 7.25. The summed E-state index contributed by atoms with van der Waals surface area (Å²) in [5.41, 5.74) is 0. The first-order chi connectivity index (χ1) is 14.6. The van der Waals surface area contributed by atoms with Crippen molar-refractivity contribution in [1.29, 1.82) is 0 Å². The van der Waals surface area contributed by atoms with Crippen LogP contribution in [0.1, 0.15) is 32.6 Å². The van der Waals surface area contributed by atoms with Gasteiger partial charge in [-0.25, -0.2) is 18.3 Å². The fourth-order valence-electron chi connectivity index (χ4n) is 0.711. The van der Waals surface area contributed by atoms with Gasteiger partial charge in [-0.1, -0.05) is 26.2 Å². The average molecular weight is 672 g/mol. The van der Waals surface area contributed by atoms with Gasteiger partial charge in [-0.15, -0.1) is 16.8 Å². The molecule has 0 aliphatic carbocycles. The monoisotopic (exact) mass is 672 g/mol. The van der Waals surface area contributed by atoms with Gasteiger partial charge >= 0.3 is 58.4 Å². The van der Waals surface area contributed by atoms with Gasteiger partial charge in [-0.05, 0) is 6.42 Å². The van der Waals surface area contributed by atoms with E-state index in [4.69, 9.17) is 76.3 Å². The molecule has 30 heteroatoms. The second kappa shape index (κ2) is 24.9. The standard InChI is InChI=1S/C6H14O3S.5FH2O3P.Li/c1-2-3-4-5-6-10(7,8)9;5*1-5(2,3)4;/h2-6H2,1H3,(H,7,8,9);5*(H2,2,3,4);/q;;;;;;+1/p-1. The number of halogens is 5. The normalized spacial score (nSPS) is 12.8. The van der Waals surface area contributed by atoms with E-state index in [1.807, 2.05) is 6.92 Å². The Balaban J connectivity index is -0.0000000575. The third-order valence-corrected chi connectivity index (χ3v) is 2.06. The Morgan fingerprint density at radius 3 is 0.889 bits per heavy atom. The molecule has 0 rings (SSSR count). The number of unbranched alkanes of at least 4 members (excludes halogenated alkanes) is 3. The van der Waals surface area contributed by atoms with Gasteiger partial charge in [0.25, 0.3) is 10.1 Å². The summed E-state index contributed by atoms with van der Waals surface area (Å²) < 4.78 is 123. The summed E-state index contributed by atoms with van der Waals surface area (Å²) in [7, 11) is -29.6. The second-order valence-corrected chi connectivity index (χ2v) is 10.9. The van der Waals surface area contributed by atoms with E-state index in [1.165, 1.54) is 0 Å². The van der Waals surface area contributed by atoms with E-state index in [1.54, 1.807) is 0 Å². The summed E-state index contributed by atoms with van der Waals surface area (Å²) in [4.78, 5) is 71.1. The molecule has 0 bridgehead atoms. The van der Waals surface area contributed by atoms with E-state index >= 15 is 0 Å². The largest absolute Gasteiger partial charge is 1.00 e. The van der Waals surface area contributed by atoms with Gasteiger partial charge in [0.2, 0.25) is 0 Å². The summed E-state index contributed by atoms with van der Waals surface area (Å²) in [5.74, 6) is -0.0903. The van der Waals surface area contributed by atoms with Gasteiger partial charge in [0.05, 0.1) is 5.75 Å². The minimum absolute atomic E-state index is 0. The Hall–Kier alpha value is 0.907. The van der Waals surface area contributed by atoms with E-state index < -0.39 is 49.7 Å². The molecule has 0 aliphatic rings. The predicted octanol–water partition coefficient (Wildman–Crippen LogP) is -1.93. The zero-order valence-electron chi connectivity index (χ0n) is 17.8. The van der Waals surface area contributed by atoms with Crippen LogP contribution in [0.2, 0.25) is 0 Å². The van der Waals surface area contributed by atoms with E-state index in [-0.39, 0.29) is 24.6 Å². The van der Waals surface area contributed by atoms with Crippen LogP contribution in [0, 0.1) is 0 Å². The molecular formula is C6H23F5LiO18P5S. The number of hydrogen-bond donors (Lipinski definition) is 10. The summed E-state index contributed by atoms with van der Waals surface area (Å²) in [6.07, 6.45) is 3.57. The van der Waals surface area contributed by atoms with Crippen LogP contribution in [-0.2, 0) is 32.9 Å². The summed E-state index contributed by atoms with van der Waals surface area (Å²) in [6, 6.07) is 0. The summed E-state index contributed by atoms with van der Waals surface area (Å²) in [6.45, 7) is 2.05. The van der Waals surface area contributed by atoms with Crippen LogP contribution in [-0.4, -0.2) is 62.8 Å². The van der Waals surface area contributed by atoms with Crippen molar-refractivity contribution in [3.05, 3.63) is 0 Å². The third-order valence-electron chi connectivity index (χ3n) is 1.26. The van der Waals surface area contributed by atoms with Crippen LogP contribution in [0.4, 0.5) is 21.0 Å². The van der Waals surface area contributed by atoms with Crippen molar-refractivity contribution in [2.75, 3.05) is 5.75 Å².